The molecule has 0 saturated heterocycles. The summed E-state index contributed by atoms with van der Waals surface area (Å²) < 4.78 is 1.82. The molecule has 8 nitrogen and oxygen atoms in total. The number of amides is 1. The van der Waals surface area contributed by atoms with Gasteiger partial charge in [0.2, 0.25) is 0 Å². The van der Waals surface area contributed by atoms with Crippen molar-refractivity contribution in [3.63, 3.8) is 0 Å². The lowest BCUT2D eigenvalue weighted by atomic mass is 10.1. The standard InChI is InChI=1S/C24H17Cl2N5O3S/c25-17-7-5-15(6-8-17)22-29-30-24(31(22)19-11-9-18(26)10-12-19)35-14-21(32)28-27-13-16-3-1-2-4-20(16)23(33)34/h1-13H,14H2,(H,28,32)(H,33,34)/b27-13-. The average Bonchev–Trinajstić information content (AvgIpc) is 3.28. The van der Waals surface area contributed by atoms with Crippen LogP contribution in [0.1, 0.15) is 15.9 Å². The van der Waals surface area contributed by atoms with Gasteiger partial charge in [-0.05, 0) is 54.6 Å². The minimum Gasteiger partial charge on any atom is -0.478 e. The highest BCUT2D eigenvalue weighted by Crippen LogP contribution is 2.29. The Morgan fingerprint density at radius 2 is 1.63 bits per heavy atom. The van der Waals surface area contributed by atoms with Crippen LogP contribution in [0.2, 0.25) is 10.0 Å². The van der Waals surface area contributed by atoms with E-state index < -0.39 is 11.9 Å². The van der Waals surface area contributed by atoms with Crippen molar-refractivity contribution in [2.75, 3.05) is 5.75 Å². The average molecular weight is 526 g/mol. The number of hydrazone groups is 1. The fraction of sp³-hybridized carbons (Fsp3) is 0.0417. The van der Waals surface area contributed by atoms with Gasteiger partial charge in [0.25, 0.3) is 5.91 Å². The third kappa shape index (κ3) is 6.07. The summed E-state index contributed by atoms with van der Waals surface area (Å²) in [6.07, 6.45) is 1.29. The minimum absolute atomic E-state index is 0.00422. The summed E-state index contributed by atoms with van der Waals surface area (Å²) in [6.45, 7) is 0. The van der Waals surface area contributed by atoms with Crippen molar-refractivity contribution in [2.45, 2.75) is 5.16 Å². The first-order chi connectivity index (χ1) is 16.9. The van der Waals surface area contributed by atoms with Crippen LogP contribution in [0.5, 0.6) is 0 Å². The van der Waals surface area contributed by atoms with E-state index in [4.69, 9.17) is 23.2 Å². The van der Waals surface area contributed by atoms with Gasteiger partial charge in [-0.25, -0.2) is 10.2 Å². The molecule has 0 bridgehead atoms. The molecular formula is C24H17Cl2N5O3S. The summed E-state index contributed by atoms with van der Waals surface area (Å²) in [6, 6.07) is 20.7. The molecular weight excluding hydrogens is 509 g/mol. The summed E-state index contributed by atoms with van der Waals surface area (Å²) in [5.41, 5.74) is 4.45. The Morgan fingerprint density at radius 1 is 0.971 bits per heavy atom. The predicted octanol–water partition coefficient (Wildman–Crippen LogP) is 5.18. The highest BCUT2D eigenvalue weighted by Gasteiger charge is 2.17. The summed E-state index contributed by atoms with van der Waals surface area (Å²) in [5.74, 6) is -0.885. The summed E-state index contributed by atoms with van der Waals surface area (Å²) >= 11 is 13.2. The minimum atomic E-state index is -1.08. The second kappa shape index (κ2) is 11.2. The highest BCUT2D eigenvalue weighted by atomic mass is 35.5. The molecule has 0 spiro atoms. The molecule has 1 heterocycles. The van der Waals surface area contributed by atoms with E-state index in [1.54, 1.807) is 42.5 Å². The first-order valence-corrected chi connectivity index (χ1v) is 11.9. The second-order valence-corrected chi connectivity index (χ2v) is 8.91. The highest BCUT2D eigenvalue weighted by molar-refractivity contribution is 7.99. The predicted molar refractivity (Wildman–Crippen MR) is 137 cm³/mol. The third-order valence-corrected chi connectivity index (χ3v) is 6.17. The summed E-state index contributed by atoms with van der Waals surface area (Å²) in [7, 11) is 0. The molecule has 0 aliphatic rings. The molecule has 0 unspecified atom stereocenters. The molecule has 0 aliphatic carbocycles. The Morgan fingerprint density at radius 3 is 2.31 bits per heavy atom. The fourth-order valence-corrected chi connectivity index (χ4v) is 4.11. The molecule has 1 amide bonds. The lowest BCUT2D eigenvalue weighted by Crippen LogP contribution is -2.20. The molecule has 0 fully saturated rings. The van der Waals surface area contributed by atoms with E-state index in [0.717, 1.165) is 11.3 Å². The molecule has 1 aromatic heterocycles. The quantitative estimate of drug-likeness (QED) is 0.186. The molecule has 176 valence electrons. The Labute approximate surface area is 214 Å². The molecule has 4 aromatic rings. The number of carboxylic acid groups (broad SMARTS) is 1. The Balaban J connectivity index is 1.51. The smallest absolute Gasteiger partial charge is 0.336 e. The van der Waals surface area contributed by atoms with Gasteiger partial charge in [0, 0.05) is 26.9 Å². The molecule has 0 atom stereocenters. The van der Waals surface area contributed by atoms with Crippen molar-refractivity contribution in [1.29, 1.82) is 0 Å². The van der Waals surface area contributed by atoms with Crippen LogP contribution in [0.4, 0.5) is 0 Å². The molecule has 3 aromatic carbocycles. The number of aromatic carboxylic acids is 1. The number of hydrogen-bond acceptors (Lipinski definition) is 6. The van der Waals surface area contributed by atoms with Crippen molar-refractivity contribution in [1.82, 2.24) is 20.2 Å². The number of benzene rings is 3. The Kier molecular flexibility index (Phi) is 7.81. The van der Waals surface area contributed by atoms with Gasteiger partial charge in [0.1, 0.15) is 0 Å². The van der Waals surface area contributed by atoms with Crippen LogP contribution in [0.25, 0.3) is 17.1 Å². The van der Waals surface area contributed by atoms with E-state index in [0.29, 0.717) is 26.6 Å². The van der Waals surface area contributed by atoms with Crippen LogP contribution < -0.4 is 5.43 Å². The number of hydrogen-bond donors (Lipinski definition) is 2. The van der Waals surface area contributed by atoms with Crippen molar-refractivity contribution in [3.05, 3.63) is 94.0 Å². The van der Waals surface area contributed by atoms with Gasteiger partial charge in [-0.15, -0.1) is 10.2 Å². The number of aromatic nitrogens is 3. The SMILES string of the molecule is O=C(CSc1nnc(-c2ccc(Cl)cc2)n1-c1ccc(Cl)cc1)N/N=C\c1ccccc1C(=O)O. The molecule has 11 heteroatoms. The Bertz CT molecular complexity index is 1390. The third-order valence-electron chi connectivity index (χ3n) is 4.74. The van der Waals surface area contributed by atoms with Crippen molar-refractivity contribution in [2.24, 2.45) is 5.10 Å². The van der Waals surface area contributed by atoms with Gasteiger partial charge in [-0.1, -0.05) is 53.2 Å². The number of thioether (sulfide) groups is 1. The molecule has 4 rings (SSSR count). The monoisotopic (exact) mass is 525 g/mol. The second-order valence-electron chi connectivity index (χ2n) is 7.10. The van der Waals surface area contributed by atoms with Crippen LogP contribution in [0, 0.1) is 0 Å². The largest absolute Gasteiger partial charge is 0.478 e. The zero-order valence-corrected chi connectivity index (χ0v) is 20.3. The number of nitrogens with one attached hydrogen (secondary N) is 1. The maximum atomic E-state index is 12.4. The molecule has 0 radical (unpaired) electrons. The lowest BCUT2D eigenvalue weighted by molar-refractivity contribution is -0.118. The van der Waals surface area contributed by atoms with Crippen LogP contribution in [0.3, 0.4) is 0 Å². The van der Waals surface area contributed by atoms with Crippen molar-refractivity contribution in [3.8, 4) is 17.1 Å². The van der Waals surface area contributed by atoms with Crippen LogP contribution in [-0.2, 0) is 4.79 Å². The van der Waals surface area contributed by atoms with Gasteiger partial charge in [-0.3, -0.25) is 9.36 Å². The van der Waals surface area contributed by atoms with E-state index in [-0.39, 0.29) is 11.3 Å². The van der Waals surface area contributed by atoms with Gasteiger partial charge in [0.05, 0.1) is 17.5 Å². The zero-order chi connectivity index (χ0) is 24.8. The van der Waals surface area contributed by atoms with E-state index in [2.05, 4.69) is 20.7 Å². The van der Waals surface area contributed by atoms with Crippen molar-refractivity contribution >= 4 is 53.1 Å². The van der Waals surface area contributed by atoms with Gasteiger partial charge >= 0.3 is 5.97 Å². The van der Waals surface area contributed by atoms with Crippen molar-refractivity contribution < 1.29 is 14.7 Å². The number of halogens is 2. The van der Waals surface area contributed by atoms with Crippen LogP contribution >= 0.6 is 35.0 Å². The van der Waals surface area contributed by atoms with E-state index >= 15 is 0 Å². The number of nitrogens with zero attached hydrogens (tertiary/aromatic N) is 4. The Hall–Kier alpha value is -3.66. The van der Waals surface area contributed by atoms with Gasteiger partial charge in [0.15, 0.2) is 11.0 Å². The summed E-state index contributed by atoms with van der Waals surface area (Å²) in [5, 5.41) is 23.4. The lowest BCUT2D eigenvalue weighted by Gasteiger charge is -2.10. The normalized spacial score (nSPS) is 11.0. The van der Waals surface area contributed by atoms with E-state index in [1.165, 1.54) is 24.0 Å². The first-order valence-electron chi connectivity index (χ1n) is 10.2. The zero-order valence-electron chi connectivity index (χ0n) is 17.9. The number of carbonyl (C=O) groups is 2. The molecule has 2 N–H and O–H groups in total. The van der Waals surface area contributed by atoms with E-state index in [1.807, 2.05) is 28.8 Å². The first kappa shape index (κ1) is 24.5. The fourth-order valence-electron chi connectivity index (χ4n) is 3.11. The van der Waals surface area contributed by atoms with Crippen LogP contribution in [0.15, 0.2) is 83.1 Å². The maximum Gasteiger partial charge on any atom is 0.336 e. The van der Waals surface area contributed by atoms with E-state index in [9.17, 15) is 14.7 Å². The van der Waals surface area contributed by atoms with Crippen LogP contribution in [-0.4, -0.2) is 43.7 Å². The van der Waals surface area contributed by atoms with Gasteiger partial charge < -0.3 is 5.11 Å². The number of carbonyl (C=O) groups excluding carboxylic acids is 1. The maximum absolute atomic E-state index is 12.4. The number of carboxylic acids is 1. The topological polar surface area (TPSA) is 109 Å². The molecule has 0 aliphatic heterocycles. The molecule has 0 saturated carbocycles. The number of rotatable bonds is 8. The van der Waals surface area contributed by atoms with Gasteiger partial charge in [-0.2, -0.15) is 5.10 Å². The summed E-state index contributed by atoms with van der Waals surface area (Å²) in [4.78, 5) is 23.7. The molecule has 35 heavy (non-hydrogen) atoms.